The van der Waals surface area contributed by atoms with E-state index in [0.717, 1.165) is 5.69 Å². The fourth-order valence-corrected chi connectivity index (χ4v) is 2.09. The van der Waals surface area contributed by atoms with Gasteiger partial charge in [0.2, 0.25) is 0 Å². The average molecular weight is 171 g/mol. The maximum atomic E-state index is 6.95. The molecular weight excluding hydrogens is 158 g/mol. The second-order valence-corrected chi connectivity index (χ2v) is 3.79. The van der Waals surface area contributed by atoms with E-state index in [-0.39, 0.29) is 0 Å². The summed E-state index contributed by atoms with van der Waals surface area (Å²) in [6.45, 7) is 9.21. The number of hydrogen-bond donors (Lipinski definition) is 0. The van der Waals surface area contributed by atoms with Crippen molar-refractivity contribution >= 4 is 5.69 Å². The van der Waals surface area contributed by atoms with E-state index < -0.39 is 0 Å². The average Bonchev–Trinajstić information content (AvgIpc) is 2.18. The van der Waals surface area contributed by atoms with E-state index in [9.17, 15) is 0 Å². The van der Waals surface area contributed by atoms with Crippen LogP contribution < -0.4 is 0 Å². The van der Waals surface area contributed by atoms with Crippen molar-refractivity contribution < 1.29 is 0 Å². The SMILES string of the molecule is [C-]#[N+]c1ccc2c(c1)C(C)CCC2. The molecule has 0 aromatic heterocycles. The lowest BCUT2D eigenvalue weighted by Crippen LogP contribution is -2.06. The highest BCUT2D eigenvalue weighted by Gasteiger charge is 2.15. The molecule has 1 atom stereocenters. The van der Waals surface area contributed by atoms with E-state index in [1.165, 1.54) is 30.4 Å². The molecule has 13 heavy (non-hydrogen) atoms. The van der Waals surface area contributed by atoms with Gasteiger partial charge in [0, 0.05) is 0 Å². The van der Waals surface area contributed by atoms with E-state index in [1.54, 1.807) is 0 Å². The highest BCUT2D eigenvalue weighted by molar-refractivity contribution is 5.51. The van der Waals surface area contributed by atoms with Gasteiger partial charge in [-0.05, 0) is 30.7 Å². The van der Waals surface area contributed by atoms with Gasteiger partial charge in [-0.2, -0.15) is 0 Å². The van der Waals surface area contributed by atoms with Crippen LogP contribution in [0.2, 0.25) is 0 Å². The van der Waals surface area contributed by atoms with Gasteiger partial charge in [0.15, 0.2) is 5.69 Å². The highest BCUT2D eigenvalue weighted by atomic mass is 14.6. The Labute approximate surface area is 79.2 Å². The third-order valence-electron chi connectivity index (χ3n) is 2.87. The second kappa shape index (κ2) is 3.22. The number of benzene rings is 1. The topological polar surface area (TPSA) is 4.36 Å². The van der Waals surface area contributed by atoms with E-state index in [2.05, 4.69) is 23.9 Å². The van der Waals surface area contributed by atoms with Crippen LogP contribution in [0.15, 0.2) is 18.2 Å². The van der Waals surface area contributed by atoms with Gasteiger partial charge in [-0.1, -0.05) is 30.7 Å². The first-order valence-corrected chi connectivity index (χ1v) is 4.81. The van der Waals surface area contributed by atoms with Crippen molar-refractivity contribution in [2.75, 3.05) is 0 Å². The van der Waals surface area contributed by atoms with Crippen molar-refractivity contribution in [2.24, 2.45) is 0 Å². The Bertz CT molecular complexity index is 360. The first-order valence-electron chi connectivity index (χ1n) is 4.81. The Hall–Kier alpha value is -1.29. The van der Waals surface area contributed by atoms with Crippen LogP contribution in [0.4, 0.5) is 5.69 Å². The van der Waals surface area contributed by atoms with Crippen molar-refractivity contribution in [3.05, 3.63) is 40.7 Å². The van der Waals surface area contributed by atoms with Gasteiger partial charge in [0.1, 0.15) is 0 Å². The molecule has 1 nitrogen and oxygen atoms in total. The summed E-state index contributed by atoms with van der Waals surface area (Å²) in [6, 6.07) is 6.12. The summed E-state index contributed by atoms with van der Waals surface area (Å²) >= 11 is 0. The minimum Gasteiger partial charge on any atom is -0.238 e. The van der Waals surface area contributed by atoms with E-state index in [4.69, 9.17) is 6.57 Å². The van der Waals surface area contributed by atoms with E-state index in [0.29, 0.717) is 5.92 Å². The third-order valence-corrected chi connectivity index (χ3v) is 2.87. The number of aryl methyl sites for hydroxylation is 1. The van der Waals surface area contributed by atoms with E-state index >= 15 is 0 Å². The fraction of sp³-hybridized carbons (Fsp3) is 0.417. The smallest absolute Gasteiger partial charge is 0.187 e. The van der Waals surface area contributed by atoms with Gasteiger partial charge < -0.3 is 0 Å². The van der Waals surface area contributed by atoms with Crippen LogP contribution in [-0.4, -0.2) is 0 Å². The lowest BCUT2D eigenvalue weighted by Gasteiger charge is -2.22. The zero-order valence-electron chi connectivity index (χ0n) is 7.88. The molecule has 0 amide bonds. The summed E-state index contributed by atoms with van der Waals surface area (Å²) in [5.74, 6) is 0.644. The molecule has 1 aliphatic rings. The Morgan fingerprint density at radius 1 is 1.46 bits per heavy atom. The summed E-state index contributed by atoms with van der Waals surface area (Å²) in [6.07, 6.45) is 3.76. The monoisotopic (exact) mass is 171 g/mol. The fourth-order valence-electron chi connectivity index (χ4n) is 2.09. The zero-order valence-corrected chi connectivity index (χ0v) is 7.88. The molecule has 0 N–H and O–H groups in total. The lowest BCUT2D eigenvalue weighted by atomic mass is 9.84. The molecule has 0 fully saturated rings. The zero-order chi connectivity index (χ0) is 9.26. The predicted octanol–water partition coefficient (Wildman–Crippen LogP) is 3.68. The molecule has 1 unspecified atom stereocenters. The minimum atomic E-state index is 0.644. The molecule has 0 saturated heterocycles. The molecule has 1 aromatic rings. The first-order chi connectivity index (χ1) is 6.31. The van der Waals surface area contributed by atoms with Crippen molar-refractivity contribution in [3.8, 4) is 0 Å². The Morgan fingerprint density at radius 3 is 3.08 bits per heavy atom. The normalized spacial score (nSPS) is 20.5. The quantitative estimate of drug-likeness (QED) is 0.524. The van der Waals surface area contributed by atoms with Crippen LogP contribution >= 0.6 is 0 Å². The van der Waals surface area contributed by atoms with Crippen LogP contribution in [0.3, 0.4) is 0 Å². The minimum absolute atomic E-state index is 0.644. The van der Waals surface area contributed by atoms with E-state index in [1.807, 2.05) is 6.07 Å². The first kappa shape index (κ1) is 8.31. The molecule has 0 bridgehead atoms. The summed E-state index contributed by atoms with van der Waals surface area (Å²) in [4.78, 5) is 3.46. The maximum Gasteiger partial charge on any atom is 0.187 e. The van der Waals surface area contributed by atoms with Gasteiger partial charge in [-0.15, -0.1) is 0 Å². The van der Waals surface area contributed by atoms with Crippen LogP contribution in [-0.2, 0) is 6.42 Å². The molecule has 66 valence electrons. The molecule has 2 rings (SSSR count). The summed E-state index contributed by atoms with van der Waals surface area (Å²) in [5, 5.41) is 0. The summed E-state index contributed by atoms with van der Waals surface area (Å²) < 4.78 is 0. The van der Waals surface area contributed by atoms with Gasteiger partial charge >= 0.3 is 0 Å². The molecule has 0 spiro atoms. The van der Waals surface area contributed by atoms with Gasteiger partial charge in [0.05, 0.1) is 6.57 Å². The Kier molecular flexibility index (Phi) is 2.06. The number of rotatable bonds is 0. The Morgan fingerprint density at radius 2 is 2.31 bits per heavy atom. The molecule has 1 aromatic carbocycles. The molecule has 1 heteroatoms. The standard InChI is InChI=1S/C12H13N/c1-9-4-3-5-10-6-7-11(13-2)8-12(9)10/h6-9H,3-5H2,1H3. The van der Waals surface area contributed by atoms with Crippen LogP contribution in [0.25, 0.3) is 4.85 Å². The largest absolute Gasteiger partial charge is 0.238 e. The van der Waals surface area contributed by atoms with Gasteiger partial charge in [-0.3, -0.25) is 0 Å². The number of fused-ring (bicyclic) bond motifs is 1. The Balaban J connectivity index is 2.48. The predicted molar refractivity (Wildman–Crippen MR) is 54.1 cm³/mol. The van der Waals surface area contributed by atoms with Gasteiger partial charge in [-0.25, -0.2) is 4.85 Å². The van der Waals surface area contributed by atoms with Gasteiger partial charge in [0.25, 0.3) is 0 Å². The molecule has 0 heterocycles. The van der Waals surface area contributed by atoms with Crippen molar-refractivity contribution in [1.82, 2.24) is 0 Å². The molecule has 0 radical (unpaired) electrons. The molecule has 0 saturated carbocycles. The maximum absolute atomic E-state index is 6.95. The highest BCUT2D eigenvalue weighted by Crippen LogP contribution is 2.33. The lowest BCUT2D eigenvalue weighted by molar-refractivity contribution is 0.590. The van der Waals surface area contributed by atoms with Crippen molar-refractivity contribution in [2.45, 2.75) is 32.1 Å². The van der Waals surface area contributed by atoms with Crippen LogP contribution in [0.1, 0.15) is 36.8 Å². The van der Waals surface area contributed by atoms with Crippen LogP contribution in [0.5, 0.6) is 0 Å². The molecule has 0 aliphatic heterocycles. The van der Waals surface area contributed by atoms with Crippen LogP contribution in [0, 0.1) is 6.57 Å². The van der Waals surface area contributed by atoms with Crippen molar-refractivity contribution in [3.63, 3.8) is 0 Å². The third kappa shape index (κ3) is 1.45. The summed E-state index contributed by atoms with van der Waals surface area (Å²) in [7, 11) is 0. The van der Waals surface area contributed by atoms with Crippen molar-refractivity contribution in [1.29, 1.82) is 0 Å². The summed E-state index contributed by atoms with van der Waals surface area (Å²) in [5.41, 5.74) is 3.64. The number of nitrogens with zero attached hydrogens (tertiary/aromatic N) is 1. The second-order valence-electron chi connectivity index (χ2n) is 3.79. The number of hydrogen-bond acceptors (Lipinski definition) is 0. The molecular formula is C12H13N. The molecule has 1 aliphatic carbocycles.